The molecular formula is C24H28ClN3O3. The van der Waals surface area contributed by atoms with Crippen LogP contribution in [-0.4, -0.2) is 68.0 Å². The number of amides is 2. The number of carbonyl (C=O) groups excluding carboxylic acids is 2. The fraction of sp³-hybridized carbons (Fsp3) is 0.417. The summed E-state index contributed by atoms with van der Waals surface area (Å²) in [6.45, 7) is 4.70. The number of ether oxygens (including phenoxy) is 1. The first kappa shape index (κ1) is 21.7. The molecule has 31 heavy (non-hydrogen) atoms. The molecule has 2 aromatic carbocycles. The largest absolute Gasteiger partial charge is 0.497 e. The van der Waals surface area contributed by atoms with Crippen LogP contribution in [0.15, 0.2) is 48.5 Å². The van der Waals surface area contributed by atoms with Crippen molar-refractivity contribution in [2.45, 2.75) is 18.8 Å². The van der Waals surface area contributed by atoms with E-state index in [9.17, 15) is 9.59 Å². The van der Waals surface area contributed by atoms with E-state index in [0.29, 0.717) is 25.9 Å². The van der Waals surface area contributed by atoms with Gasteiger partial charge in [-0.2, -0.15) is 0 Å². The molecule has 2 fully saturated rings. The Bertz CT molecular complexity index is 908. The molecule has 0 radical (unpaired) electrons. The summed E-state index contributed by atoms with van der Waals surface area (Å²) >= 11 is 6.32. The maximum atomic E-state index is 12.7. The Hall–Kier alpha value is -2.57. The van der Waals surface area contributed by atoms with Crippen LogP contribution in [0, 0.1) is 0 Å². The van der Waals surface area contributed by atoms with E-state index in [1.165, 1.54) is 4.90 Å². The smallest absolute Gasteiger partial charge is 0.229 e. The number of halogens is 1. The zero-order chi connectivity index (χ0) is 21.8. The summed E-state index contributed by atoms with van der Waals surface area (Å²) < 4.78 is 5.19. The number of para-hydroxylation sites is 1. The Balaban J connectivity index is 1.27. The standard InChI is InChI=1S/C24H28ClN3O3/c1-31-20-8-6-18(7-9-20)19-16-23(29)28(24(30)17-19)15-12-26-10-13-27(14-11-26)22-5-3-2-4-21(22)25/h2-9,19H,10-17H2,1H3. The molecule has 0 aromatic heterocycles. The van der Waals surface area contributed by atoms with Crippen LogP contribution in [0.25, 0.3) is 0 Å². The monoisotopic (exact) mass is 441 g/mol. The van der Waals surface area contributed by atoms with Gasteiger partial charge >= 0.3 is 0 Å². The molecule has 6 nitrogen and oxygen atoms in total. The highest BCUT2D eigenvalue weighted by molar-refractivity contribution is 6.33. The van der Waals surface area contributed by atoms with E-state index in [-0.39, 0.29) is 17.7 Å². The maximum Gasteiger partial charge on any atom is 0.229 e. The van der Waals surface area contributed by atoms with Crippen molar-refractivity contribution in [3.8, 4) is 5.75 Å². The number of imide groups is 1. The van der Waals surface area contributed by atoms with Crippen LogP contribution in [-0.2, 0) is 9.59 Å². The van der Waals surface area contributed by atoms with Crippen molar-refractivity contribution in [1.82, 2.24) is 9.80 Å². The summed E-state index contributed by atoms with van der Waals surface area (Å²) in [4.78, 5) is 31.4. The average Bonchev–Trinajstić information content (AvgIpc) is 2.79. The van der Waals surface area contributed by atoms with Gasteiger partial charge < -0.3 is 9.64 Å². The van der Waals surface area contributed by atoms with Crippen molar-refractivity contribution in [2.24, 2.45) is 0 Å². The fourth-order valence-electron chi connectivity index (χ4n) is 4.38. The molecule has 0 aliphatic carbocycles. The molecule has 2 aliphatic rings. The van der Waals surface area contributed by atoms with Gasteiger partial charge in [-0.1, -0.05) is 35.9 Å². The lowest BCUT2D eigenvalue weighted by molar-refractivity contribution is -0.148. The van der Waals surface area contributed by atoms with Crippen molar-refractivity contribution >= 4 is 29.1 Å². The third-order valence-electron chi connectivity index (χ3n) is 6.24. The van der Waals surface area contributed by atoms with E-state index < -0.39 is 0 Å². The molecule has 0 unspecified atom stereocenters. The number of benzene rings is 2. The van der Waals surface area contributed by atoms with E-state index in [2.05, 4.69) is 9.80 Å². The van der Waals surface area contributed by atoms with Gasteiger partial charge in [-0.15, -0.1) is 0 Å². The second-order valence-electron chi connectivity index (χ2n) is 8.10. The van der Waals surface area contributed by atoms with Crippen LogP contribution in [0.1, 0.15) is 24.3 Å². The van der Waals surface area contributed by atoms with Crippen molar-refractivity contribution in [2.75, 3.05) is 51.3 Å². The lowest BCUT2D eigenvalue weighted by atomic mass is 9.88. The van der Waals surface area contributed by atoms with Gasteiger partial charge in [0.15, 0.2) is 0 Å². The molecule has 2 heterocycles. The second kappa shape index (κ2) is 9.71. The Morgan fingerprint density at radius 2 is 1.55 bits per heavy atom. The summed E-state index contributed by atoms with van der Waals surface area (Å²) in [6.07, 6.45) is 0.747. The Morgan fingerprint density at radius 3 is 2.16 bits per heavy atom. The maximum absolute atomic E-state index is 12.7. The first-order valence-electron chi connectivity index (χ1n) is 10.7. The number of hydrogen-bond donors (Lipinski definition) is 0. The molecule has 0 spiro atoms. The third kappa shape index (κ3) is 5.02. The van der Waals surface area contributed by atoms with Crippen LogP contribution in [0.3, 0.4) is 0 Å². The summed E-state index contributed by atoms with van der Waals surface area (Å²) in [6, 6.07) is 15.5. The van der Waals surface area contributed by atoms with Gasteiger partial charge in [-0.25, -0.2) is 0 Å². The van der Waals surface area contributed by atoms with Crippen LogP contribution in [0.4, 0.5) is 5.69 Å². The molecule has 2 aliphatic heterocycles. The number of nitrogens with zero attached hydrogens (tertiary/aromatic N) is 3. The highest BCUT2D eigenvalue weighted by atomic mass is 35.5. The predicted octanol–water partition coefficient (Wildman–Crippen LogP) is 3.40. The predicted molar refractivity (Wildman–Crippen MR) is 122 cm³/mol. The number of anilines is 1. The first-order chi connectivity index (χ1) is 15.0. The number of methoxy groups -OCH3 is 1. The van der Waals surface area contributed by atoms with Gasteiger partial charge in [0.1, 0.15) is 5.75 Å². The van der Waals surface area contributed by atoms with Crippen LogP contribution < -0.4 is 9.64 Å². The molecule has 4 rings (SSSR count). The summed E-state index contributed by atoms with van der Waals surface area (Å²) in [5.74, 6) is 0.563. The fourth-order valence-corrected chi connectivity index (χ4v) is 4.63. The van der Waals surface area contributed by atoms with Gasteiger partial charge in [0, 0.05) is 58.0 Å². The van der Waals surface area contributed by atoms with E-state index in [0.717, 1.165) is 48.2 Å². The minimum Gasteiger partial charge on any atom is -0.497 e. The van der Waals surface area contributed by atoms with Crippen LogP contribution in [0.5, 0.6) is 5.75 Å². The van der Waals surface area contributed by atoms with Crippen molar-refractivity contribution < 1.29 is 14.3 Å². The molecule has 0 N–H and O–H groups in total. The van der Waals surface area contributed by atoms with Crippen molar-refractivity contribution in [1.29, 1.82) is 0 Å². The molecule has 0 bridgehead atoms. The van der Waals surface area contributed by atoms with Gasteiger partial charge in [0.05, 0.1) is 17.8 Å². The molecule has 7 heteroatoms. The van der Waals surface area contributed by atoms with Gasteiger partial charge in [-0.05, 0) is 29.8 Å². The minimum absolute atomic E-state index is 0.0543. The van der Waals surface area contributed by atoms with Gasteiger partial charge in [0.2, 0.25) is 11.8 Å². The lowest BCUT2D eigenvalue weighted by Crippen LogP contribution is -2.51. The van der Waals surface area contributed by atoms with E-state index in [1.807, 2.05) is 48.5 Å². The highest BCUT2D eigenvalue weighted by Crippen LogP contribution is 2.31. The molecule has 2 saturated heterocycles. The Kier molecular flexibility index (Phi) is 6.78. The van der Waals surface area contributed by atoms with E-state index in [4.69, 9.17) is 16.3 Å². The number of carbonyl (C=O) groups is 2. The molecular weight excluding hydrogens is 414 g/mol. The van der Waals surface area contributed by atoms with Crippen LogP contribution in [0.2, 0.25) is 5.02 Å². The number of piperidine rings is 1. The van der Waals surface area contributed by atoms with Crippen molar-refractivity contribution in [3.63, 3.8) is 0 Å². The molecule has 0 saturated carbocycles. The highest BCUT2D eigenvalue weighted by Gasteiger charge is 2.33. The average molecular weight is 442 g/mol. The van der Waals surface area contributed by atoms with E-state index in [1.54, 1.807) is 7.11 Å². The first-order valence-corrected chi connectivity index (χ1v) is 11.1. The third-order valence-corrected chi connectivity index (χ3v) is 6.56. The minimum atomic E-state index is -0.0771. The number of likely N-dealkylation sites (tertiary alicyclic amines) is 1. The SMILES string of the molecule is COc1ccc(C2CC(=O)N(CCN3CCN(c4ccccc4Cl)CC3)C(=O)C2)cc1. The summed E-state index contributed by atoms with van der Waals surface area (Å²) in [5.41, 5.74) is 2.08. The normalized spacial score (nSPS) is 18.5. The quantitative estimate of drug-likeness (QED) is 0.643. The summed E-state index contributed by atoms with van der Waals surface area (Å²) in [5, 5.41) is 0.770. The number of piperazine rings is 1. The van der Waals surface area contributed by atoms with Gasteiger partial charge in [-0.3, -0.25) is 19.4 Å². The zero-order valence-electron chi connectivity index (χ0n) is 17.8. The number of hydrogen-bond acceptors (Lipinski definition) is 5. The summed E-state index contributed by atoms with van der Waals surface area (Å²) in [7, 11) is 1.62. The molecule has 164 valence electrons. The molecule has 2 amide bonds. The van der Waals surface area contributed by atoms with E-state index >= 15 is 0 Å². The molecule has 0 atom stereocenters. The molecule has 2 aromatic rings. The van der Waals surface area contributed by atoms with Crippen LogP contribution >= 0.6 is 11.6 Å². The Morgan fingerprint density at radius 1 is 0.903 bits per heavy atom. The Labute approximate surface area is 188 Å². The lowest BCUT2D eigenvalue weighted by Gasteiger charge is -2.38. The topological polar surface area (TPSA) is 53.1 Å². The van der Waals surface area contributed by atoms with Gasteiger partial charge in [0.25, 0.3) is 0 Å². The zero-order valence-corrected chi connectivity index (χ0v) is 18.6. The number of rotatable bonds is 6. The van der Waals surface area contributed by atoms with Crippen molar-refractivity contribution in [3.05, 3.63) is 59.1 Å². The second-order valence-corrected chi connectivity index (χ2v) is 8.50.